The van der Waals surface area contributed by atoms with Gasteiger partial charge in [-0.1, -0.05) is 0 Å². The van der Waals surface area contributed by atoms with Crippen molar-refractivity contribution in [1.29, 1.82) is 0 Å². The van der Waals surface area contributed by atoms with Crippen molar-refractivity contribution in [3.8, 4) is 0 Å². The zero-order valence-electron chi connectivity index (χ0n) is 11.3. The zero-order valence-corrected chi connectivity index (χ0v) is 11.3. The molecule has 1 heterocycles. The van der Waals surface area contributed by atoms with Gasteiger partial charge in [-0.3, -0.25) is 0 Å². The third-order valence-electron chi connectivity index (χ3n) is 4.53. The lowest BCUT2D eigenvalue weighted by Crippen LogP contribution is -2.51. The molecule has 0 unspecified atom stereocenters. The Hall–Kier alpha value is -0.160. The second-order valence-corrected chi connectivity index (χ2v) is 5.79. The number of hydrogen-bond donors (Lipinski definition) is 1. The van der Waals surface area contributed by atoms with E-state index in [4.69, 9.17) is 14.2 Å². The molecule has 0 amide bonds. The molecule has 3 fully saturated rings. The summed E-state index contributed by atoms with van der Waals surface area (Å²) in [5, 5.41) is 3.76. The Balaban J connectivity index is 1.36. The fourth-order valence-electron chi connectivity index (χ4n) is 3.42. The van der Waals surface area contributed by atoms with Crippen LogP contribution in [0.15, 0.2) is 0 Å². The fraction of sp³-hybridized carbons (Fsp3) is 1.00. The number of ether oxygens (including phenoxy) is 3. The van der Waals surface area contributed by atoms with Gasteiger partial charge in [0.1, 0.15) is 0 Å². The lowest BCUT2D eigenvalue weighted by atomic mass is 9.85. The molecule has 3 rings (SSSR count). The first-order valence-electron chi connectivity index (χ1n) is 7.45. The average molecular weight is 255 g/mol. The molecule has 0 atom stereocenters. The van der Waals surface area contributed by atoms with Gasteiger partial charge in [0.05, 0.1) is 19.3 Å². The molecule has 0 aromatic heterocycles. The summed E-state index contributed by atoms with van der Waals surface area (Å²) < 4.78 is 17.1. The van der Waals surface area contributed by atoms with E-state index in [-0.39, 0.29) is 5.79 Å². The van der Waals surface area contributed by atoms with Gasteiger partial charge < -0.3 is 19.5 Å². The van der Waals surface area contributed by atoms with Crippen LogP contribution in [0.4, 0.5) is 0 Å². The third-order valence-corrected chi connectivity index (χ3v) is 4.53. The Bertz CT molecular complexity index is 262. The largest absolute Gasteiger partial charge is 0.378 e. The number of rotatable bonds is 4. The molecule has 1 N–H and O–H groups in total. The van der Waals surface area contributed by atoms with E-state index in [0.29, 0.717) is 18.2 Å². The Morgan fingerprint density at radius 1 is 1.11 bits per heavy atom. The van der Waals surface area contributed by atoms with Crippen LogP contribution < -0.4 is 5.32 Å². The van der Waals surface area contributed by atoms with Gasteiger partial charge in [-0.05, 0) is 32.6 Å². The first kappa shape index (κ1) is 12.9. The van der Waals surface area contributed by atoms with Crippen LogP contribution in [0.1, 0.15) is 45.4 Å². The summed E-state index contributed by atoms with van der Waals surface area (Å²) in [5.41, 5.74) is 0. The van der Waals surface area contributed by atoms with Crippen LogP contribution in [0.25, 0.3) is 0 Å². The van der Waals surface area contributed by atoms with Gasteiger partial charge in [0.15, 0.2) is 5.79 Å². The molecule has 0 aromatic carbocycles. The van der Waals surface area contributed by atoms with E-state index in [1.807, 2.05) is 0 Å². The maximum absolute atomic E-state index is 5.75. The zero-order chi connectivity index (χ0) is 12.4. The van der Waals surface area contributed by atoms with E-state index < -0.39 is 0 Å². The SMILES string of the molecule is CCOC1CC(NC2CCC3(CC2)OCCO3)C1. The minimum absolute atomic E-state index is 0.217. The van der Waals surface area contributed by atoms with Crippen LogP contribution in [0.5, 0.6) is 0 Å². The fourth-order valence-corrected chi connectivity index (χ4v) is 3.42. The van der Waals surface area contributed by atoms with Crippen molar-refractivity contribution in [3.63, 3.8) is 0 Å². The van der Waals surface area contributed by atoms with Crippen molar-refractivity contribution >= 4 is 0 Å². The molecule has 2 aliphatic carbocycles. The highest BCUT2D eigenvalue weighted by molar-refractivity contribution is 4.92. The lowest BCUT2D eigenvalue weighted by Gasteiger charge is -2.41. The molecular weight excluding hydrogens is 230 g/mol. The van der Waals surface area contributed by atoms with E-state index in [2.05, 4.69) is 12.2 Å². The van der Waals surface area contributed by atoms with Crippen LogP contribution in [0.2, 0.25) is 0 Å². The van der Waals surface area contributed by atoms with Gasteiger partial charge >= 0.3 is 0 Å². The Kier molecular flexibility index (Phi) is 3.89. The van der Waals surface area contributed by atoms with Crippen LogP contribution >= 0.6 is 0 Å². The Morgan fingerprint density at radius 2 is 1.78 bits per heavy atom. The van der Waals surface area contributed by atoms with Crippen molar-refractivity contribution in [2.24, 2.45) is 0 Å². The smallest absolute Gasteiger partial charge is 0.168 e. The van der Waals surface area contributed by atoms with Gasteiger partial charge in [0, 0.05) is 31.5 Å². The van der Waals surface area contributed by atoms with E-state index >= 15 is 0 Å². The van der Waals surface area contributed by atoms with Crippen LogP contribution in [0, 0.1) is 0 Å². The second kappa shape index (κ2) is 5.45. The summed E-state index contributed by atoms with van der Waals surface area (Å²) in [7, 11) is 0. The summed E-state index contributed by atoms with van der Waals surface area (Å²) in [5.74, 6) is -0.217. The molecule has 0 aromatic rings. The number of hydrogen-bond acceptors (Lipinski definition) is 4. The molecule has 3 aliphatic rings. The maximum atomic E-state index is 5.75. The molecule has 1 spiro atoms. The van der Waals surface area contributed by atoms with Gasteiger partial charge in [-0.2, -0.15) is 0 Å². The highest BCUT2D eigenvalue weighted by atomic mass is 16.7. The molecule has 2 saturated carbocycles. The summed E-state index contributed by atoms with van der Waals surface area (Å²) >= 11 is 0. The van der Waals surface area contributed by atoms with Gasteiger partial charge in [0.25, 0.3) is 0 Å². The third kappa shape index (κ3) is 2.72. The monoisotopic (exact) mass is 255 g/mol. The normalized spacial score (nSPS) is 35.8. The molecule has 4 heteroatoms. The number of nitrogens with one attached hydrogen (secondary N) is 1. The van der Waals surface area contributed by atoms with Gasteiger partial charge in [-0.15, -0.1) is 0 Å². The van der Waals surface area contributed by atoms with Gasteiger partial charge in [0.2, 0.25) is 0 Å². The van der Waals surface area contributed by atoms with Crippen molar-refractivity contribution in [1.82, 2.24) is 5.32 Å². The quantitative estimate of drug-likeness (QED) is 0.832. The van der Waals surface area contributed by atoms with Crippen molar-refractivity contribution < 1.29 is 14.2 Å². The summed E-state index contributed by atoms with van der Waals surface area (Å²) in [6.45, 7) is 4.47. The molecule has 18 heavy (non-hydrogen) atoms. The standard InChI is InChI=1S/C14H25NO3/c1-2-16-13-9-12(10-13)15-11-3-5-14(6-4-11)17-7-8-18-14/h11-13,15H,2-10H2,1H3. The molecule has 0 bridgehead atoms. The minimum atomic E-state index is -0.217. The van der Waals surface area contributed by atoms with Crippen molar-refractivity contribution in [2.45, 2.75) is 69.4 Å². The van der Waals surface area contributed by atoms with E-state index in [0.717, 1.165) is 32.7 Å². The summed E-state index contributed by atoms with van der Waals surface area (Å²) in [6.07, 6.45) is 7.32. The highest BCUT2D eigenvalue weighted by Crippen LogP contribution is 2.36. The Labute approximate surface area is 109 Å². The van der Waals surface area contributed by atoms with E-state index in [1.54, 1.807) is 0 Å². The first-order valence-corrected chi connectivity index (χ1v) is 7.45. The first-order chi connectivity index (χ1) is 8.80. The summed E-state index contributed by atoms with van der Waals surface area (Å²) in [6, 6.07) is 1.32. The van der Waals surface area contributed by atoms with Gasteiger partial charge in [-0.25, -0.2) is 0 Å². The average Bonchev–Trinajstić information content (AvgIpc) is 2.78. The predicted octanol–water partition coefficient (Wildman–Crippen LogP) is 1.83. The van der Waals surface area contributed by atoms with E-state index in [1.165, 1.54) is 25.7 Å². The molecular formula is C14H25NO3. The van der Waals surface area contributed by atoms with Crippen LogP contribution in [-0.2, 0) is 14.2 Å². The molecule has 0 radical (unpaired) electrons. The topological polar surface area (TPSA) is 39.7 Å². The van der Waals surface area contributed by atoms with Crippen LogP contribution in [0.3, 0.4) is 0 Å². The predicted molar refractivity (Wildman–Crippen MR) is 68.5 cm³/mol. The molecule has 4 nitrogen and oxygen atoms in total. The molecule has 104 valence electrons. The minimum Gasteiger partial charge on any atom is -0.378 e. The maximum Gasteiger partial charge on any atom is 0.168 e. The van der Waals surface area contributed by atoms with Crippen molar-refractivity contribution in [3.05, 3.63) is 0 Å². The van der Waals surface area contributed by atoms with Crippen molar-refractivity contribution in [2.75, 3.05) is 19.8 Å². The summed E-state index contributed by atoms with van der Waals surface area (Å²) in [4.78, 5) is 0. The second-order valence-electron chi connectivity index (χ2n) is 5.79. The molecule has 1 aliphatic heterocycles. The van der Waals surface area contributed by atoms with Crippen LogP contribution in [-0.4, -0.2) is 43.8 Å². The Morgan fingerprint density at radius 3 is 2.39 bits per heavy atom. The highest BCUT2D eigenvalue weighted by Gasteiger charge is 2.41. The van der Waals surface area contributed by atoms with E-state index in [9.17, 15) is 0 Å². The lowest BCUT2D eigenvalue weighted by molar-refractivity contribution is -0.180. The molecule has 1 saturated heterocycles.